The summed E-state index contributed by atoms with van der Waals surface area (Å²) in [5, 5.41) is 12.0. The largest absolute Gasteiger partial charge is 0.360 e. The molecule has 0 aliphatic carbocycles. The SMILES string of the molecule is CCNN=C(C)C(C)=NNC(=S)NCCN(CC)CC. The van der Waals surface area contributed by atoms with Crippen LogP contribution in [0.25, 0.3) is 0 Å². The van der Waals surface area contributed by atoms with Crippen molar-refractivity contribution in [3.05, 3.63) is 0 Å². The first kappa shape index (κ1) is 18.8. The molecule has 0 aliphatic heterocycles. The molecular formula is C13H28N6S. The molecule has 0 spiro atoms. The number of hydrazone groups is 2. The molecule has 0 bridgehead atoms. The van der Waals surface area contributed by atoms with E-state index in [0.717, 1.165) is 44.1 Å². The van der Waals surface area contributed by atoms with Crippen LogP contribution in [-0.4, -0.2) is 54.2 Å². The molecule has 0 amide bonds. The van der Waals surface area contributed by atoms with Gasteiger partial charge < -0.3 is 15.6 Å². The maximum Gasteiger partial charge on any atom is 0.187 e. The zero-order valence-electron chi connectivity index (χ0n) is 13.3. The molecule has 0 aromatic rings. The maximum atomic E-state index is 5.17. The summed E-state index contributed by atoms with van der Waals surface area (Å²) < 4.78 is 0. The van der Waals surface area contributed by atoms with Crippen LogP contribution in [0.4, 0.5) is 0 Å². The van der Waals surface area contributed by atoms with Crippen LogP contribution in [-0.2, 0) is 0 Å². The van der Waals surface area contributed by atoms with E-state index in [1.165, 1.54) is 0 Å². The summed E-state index contributed by atoms with van der Waals surface area (Å²) >= 11 is 5.17. The van der Waals surface area contributed by atoms with Crippen LogP contribution in [0.2, 0.25) is 0 Å². The molecule has 0 aliphatic rings. The third kappa shape index (κ3) is 8.82. The first-order valence-corrected chi connectivity index (χ1v) is 7.53. The summed E-state index contributed by atoms with van der Waals surface area (Å²) in [6, 6.07) is 0. The van der Waals surface area contributed by atoms with Gasteiger partial charge in [-0.2, -0.15) is 10.2 Å². The van der Waals surface area contributed by atoms with Gasteiger partial charge in [0, 0.05) is 19.6 Å². The number of likely N-dealkylation sites (N-methyl/N-ethyl adjacent to an activating group) is 1. The van der Waals surface area contributed by atoms with Gasteiger partial charge in [0.15, 0.2) is 5.11 Å². The second-order valence-corrected chi connectivity index (χ2v) is 4.71. The van der Waals surface area contributed by atoms with Gasteiger partial charge in [-0.1, -0.05) is 13.8 Å². The van der Waals surface area contributed by atoms with Crippen molar-refractivity contribution in [3.8, 4) is 0 Å². The Balaban J connectivity index is 4.03. The minimum Gasteiger partial charge on any atom is -0.360 e. The molecule has 0 saturated heterocycles. The zero-order valence-corrected chi connectivity index (χ0v) is 14.1. The average molecular weight is 300 g/mol. The molecule has 0 radical (unpaired) electrons. The highest BCUT2D eigenvalue weighted by atomic mass is 32.1. The van der Waals surface area contributed by atoms with Crippen LogP contribution in [0, 0.1) is 0 Å². The molecule has 20 heavy (non-hydrogen) atoms. The highest BCUT2D eigenvalue weighted by Gasteiger charge is 2.00. The number of nitrogens with one attached hydrogen (secondary N) is 3. The molecule has 7 heteroatoms. The summed E-state index contributed by atoms with van der Waals surface area (Å²) in [7, 11) is 0. The predicted octanol–water partition coefficient (Wildman–Crippen LogP) is 1.15. The van der Waals surface area contributed by atoms with Crippen molar-refractivity contribution >= 4 is 28.8 Å². The monoisotopic (exact) mass is 300 g/mol. The van der Waals surface area contributed by atoms with E-state index in [4.69, 9.17) is 12.2 Å². The van der Waals surface area contributed by atoms with Crippen molar-refractivity contribution < 1.29 is 0 Å². The highest BCUT2D eigenvalue weighted by molar-refractivity contribution is 7.80. The van der Waals surface area contributed by atoms with Gasteiger partial charge in [0.05, 0.1) is 11.4 Å². The lowest BCUT2D eigenvalue weighted by atomic mass is 10.3. The summed E-state index contributed by atoms with van der Waals surface area (Å²) in [6.07, 6.45) is 0. The third-order valence-electron chi connectivity index (χ3n) is 2.86. The summed E-state index contributed by atoms with van der Waals surface area (Å²) in [5.41, 5.74) is 7.37. The van der Waals surface area contributed by atoms with Gasteiger partial charge in [-0.25, -0.2) is 0 Å². The second kappa shape index (κ2) is 11.6. The zero-order chi connectivity index (χ0) is 15.4. The minimum atomic E-state index is 0.535. The second-order valence-electron chi connectivity index (χ2n) is 4.30. The quantitative estimate of drug-likeness (QED) is 0.339. The van der Waals surface area contributed by atoms with Crippen molar-refractivity contribution in [2.24, 2.45) is 10.2 Å². The molecule has 3 N–H and O–H groups in total. The Morgan fingerprint density at radius 2 is 1.65 bits per heavy atom. The standard InChI is InChI=1S/C13H28N6S/c1-6-15-16-11(4)12(5)17-18-13(20)14-9-10-19(7-2)8-3/h15H,6-10H2,1-5H3,(H2,14,18,20). The van der Waals surface area contributed by atoms with Crippen molar-refractivity contribution in [1.29, 1.82) is 0 Å². The van der Waals surface area contributed by atoms with E-state index in [2.05, 4.69) is 45.1 Å². The Morgan fingerprint density at radius 3 is 2.20 bits per heavy atom. The Labute approximate surface area is 128 Å². The van der Waals surface area contributed by atoms with Crippen molar-refractivity contribution in [2.45, 2.75) is 34.6 Å². The topological polar surface area (TPSA) is 64.0 Å². The van der Waals surface area contributed by atoms with E-state index in [0.29, 0.717) is 5.11 Å². The number of rotatable bonds is 9. The predicted molar refractivity (Wildman–Crippen MR) is 91.4 cm³/mol. The van der Waals surface area contributed by atoms with Gasteiger partial charge >= 0.3 is 0 Å². The fraction of sp³-hybridized carbons (Fsp3) is 0.769. The van der Waals surface area contributed by atoms with Crippen molar-refractivity contribution in [2.75, 3.05) is 32.7 Å². The van der Waals surface area contributed by atoms with E-state index < -0.39 is 0 Å². The van der Waals surface area contributed by atoms with Gasteiger partial charge in [-0.05, 0) is 46.1 Å². The van der Waals surface area contributed by atoms with Gasteiger partial charge in [-0.3, -0.25) is 5.43 Å². The first-order chi connectivity index (χ1) is 9.54. The molecule has 0 aromatic carbocycles. The Bertz CT molecular complexity index is 336. The number of thiocarbonyl (C=S) groups is 1. The molecule has 0 aromatic heterocycles. The molecule has 0 heterocycles. The van der Waals surface area contributed by atoms with Gasteiger partial charge in [0.1, 0.15) is 0 Å². The Hall–Kier alpha value is -1.21. The van der Waals surface area contributed by atoms with Gasteiger partial charge in [0.25, 0.3) is 0 Å². The van der Waals surface area contributed by atoms with E-state index in [1.54, 1.807) is 0 Å². The minimum absolute atomic E-state index is 0.535. The van der Waals surface area contributed by atoms with Crippen LogP contribution in [0.1, 0.15) is 34.6 Å². The number of hydrogen-bond acceptors (Lipinski definition) is 5. The number of nitrogens with zero attached hydrogens (tertiary/aromatic N) is 3. The van der Waals surface area contributed by atoms with E-state index in [9.17, 15) is 0 Å². The summed E-state index contributed by atoms with van der Waals surface area (Å²) in [6.45, 7) is 14.8. The molecule has 0 unspecified atom stereocenters. The molecule has 0 rings (SSSR count). The highest BCUT2D eigenvalue weighted by Crippen LogP contribution is 1.85. The molecule has 6 nitrogen and oxygen atoms in total. The van der Waals surface area contributed by atoms with Gasteiger partial charge in [0.2, 0.25) is 0 Å². The molecular weight excluding hydrogens is 272 g/mol. The lowest BCUT2D eigenvalue weighted by molar-refractivity contribution is 0.308. The summed E-state index contributed by atoms with van der Waals surface area (Å²) in [4.78, 5) is 2.33. The fourth-order valence-corrected chi connectivity index (χ4v) is 1.55. The van der Waals surface area contributed by atoms with E-state index in [1.807, 2.05) is 20.8 Å². The number of hydrogen-bond donors (Lipinski definition) is 3. The lowest BCUT2D eigenvalue weighted by Gasteiger charge is -2.18. The normalized spacial score (nSPS) is 12.5. The lowest BCUT2D eigenvalue weighted by Crippen LogP contribution is -2.38. The van der Waals surface area contributed by atoms with Crippen LogP contribution < -0.4 is 16.2 Å². The average Bonchev–Trinajstić information content (AvgIpc) is 2.46. The van der Waals surface area contributed by atoms with Crippen LogP contribution in [0.15, 0.2) is 10.2 Å². The van der Waals surface area contributed by atoms with E-state index >= 15 is 0 Å². The van der Waals surface area contributed by atoms with Gasteiger partial charge in [-0.15, -0.1) is 0 Å². The maximum absolute atomic E-state index is 5.17. The molecule has 0 fully saturated rings. The third-order valence-corrected chi connectivity index (χ3v) is 3.10. The summed E-state index contributed by atoms with van der Waals surface area (Å²) in [5.74, 6) is 0. The molecule has 116 valence electrons. The van der Waals surface area contributed by atoms with Crippen molar-refractivity contribution in [1.82, 2.24) is 21.1 Å². The Morgan fingerprint density at radius 1 is 1.05 bits per heavy atom. The Kier molecular flexibility index (Phi) is 10.9. The van der Waals surface area contributed by atoms with E-state index in [-0.39, 0.29) is 0 Å². The molecule has 0 saturated carbocycles. The molecule has 0 atom stereocenters. The van der Waals surface area contributed by atoms with Crippen molar-refractivity contribution in [3.63, 3.8) is 0 Å². The van der Waals surface area contributed by atoms with Crippen LogP contribution in [0.3, 0.4) is 0 Å². The first-order valence-electron chi connectivity index (χ1n) is 7.13. The van der Waals surface area contributed by atoms with Crippen LogP contribution in [0.5, 0.6) is 0 Å². The van der Waals surface area contributed by atoms with Crippen LogP contribution >= 0.6 is 12.2 Å². The fourth-order valence-electron chi connectivity index (χ4n) is 1.40. The smallest absolute Gasteiger partial charge is 0.187 e.